The van der Waals surface area contributed by atoms with Gasteiger partial charge in [-0.25, -0.2) is 18.2 Å². The van der Waals surface area contributed by atoms with E-state index in [9.17, 15) is 18.0 Å². The van der Waals surface area contributed by atoms with E-state index in [0.717, 1.165) is 11.1 Å². The molecule has 0 bridgehead atoms. The number of rotatable bonds is 4. The summed E-state index contributed by atoms with van der Waals surface area (Å²) in [7, 11) is -4.01. The zero-order chi connectivity index (χ0) is 14.8. The lowest BCUT2D eigenvalue weighted by molar-refractivity contribution is -0.118. The molecule has 2 rings (SSSR count). The summed E-state index contributed by atoms with van der Waals surface area (Å²) < 4.78 is 26.5. The Morgan fingerprint density at radius 2 is 2.10 bits per heavy atom. The highest BCUT2D eigenvalue weighted by Crippen LogP contribution is 2.20. The van der Waals surface area contributed by atoms with E-state index in [1.165, 1.54) is 11.8 Å². The van der Waals surface area contributed by atoms with Crippen LogP contribution in [-0.2, 0) is 14.8 Å². The Bertz CT molecular complexity index is 685. The summed E-state index contributed by atoms with van der Waals surface area (Å²) in [4.78, 5) is 26.5. The largest absolute Gasteiger partial charge is 0.347 e. The minimum absolute atomic E-state index is 0.343. The van der Waals surface area contributed by atoms with Gasteiger partial charge in [0.2, 0.25) is 10.0 Å². The van der Waals surface area contributed by atoms with Crippen LogP contribution < -0.4 is 10.0 Å². The van der Waals surface area contributed by atoms with Crippen molar-refractivity contribution in [2.75, 3.05) is 11.0 Å². The van der Waals surface area contributed by atoms with Gasteiger partial charge in [-0.1, -0.05) is 6.07 Å². The smallest absolute Gasteiger partial charge is 0.283 e. The lowest BCUT2D eigenvalue weighted by Gasteiger charge is -2.16. The zero-order valence-corrected chi connectivity index (χ0v) is 12.0. The molecule has 1 aliphatic heterocycles. The molecule has 0 radical (unpaired) electrons. The van der Waals surface area contributed by atoms with Crippen LogP contribution in [0.2, 0.25) is 0 Å². The molecule has 3 amide bonds. The van der Waals surface area contributed by atoms with Crippen LogP contribution in [0.1, 0.15) is 0 Å². The molecule has 1 aromatic rings. The Hall–Kier alpha value is -1.87. The first kappa shape index (κ1) is 14.5. The Labute approximate surface area is 119 Å². The van der Waals surface area contributed by atoms with E-state index in [1.54, 1.807) is 18.2 Å². The van der Waals surface area contributed by atoms with Crippen LogP contribution in [0.4, 0.5) is 10.5 Å². The molecule has 0 saturated heterocycles. The van der Waals surface area contributed by atoms with Crippen LogP contribution in [0, 0.1) is 0 Å². The monoisotopic (exact) mass is 313 g/mol. The second kappa shape index (κ2) is 5.63. The summed E-state index contributed by atoms with van der Waals surface area (Å²) in [6.07, 6.45) is 2.68. The van der Waals surface area contributed by atoms with Gasteiger partial charge in [-0.05, 0) is 24.5 Å². The molecule has 1 aliphatic rings. The van der Waals surface area contributed by atoms with E-state index in [4.69, 9.17) is 0 Å². The van der Waals surface area contributed by atoms with Crippen molar-refractivity contribution >= 4 is 45.6 Å². The molecular formula is C11H11N3O4S2. The van der Waals surface area contributed by atoms with Gasteiger partial charge in [0.1, 0.15) is 0 Å². The normalized spacial score (nSPS) is 18.8. The number of benzene rings is 1. The number of carbonyl (C=O) groups is 2. The molecular weight excluding hydrogens is 302 g/mol. The fourth-order valence-corrected chi connectivity index (χ4v) is 3.15. The van der Waals surface area contributed by atoms with Crippen molar-refractivity contribution in [3.8, 4) is 0 Å². The molecule has 1 unspecified atom stereocenters. The molecule has 1 atom stereocenters. The topological polar surface area (TPSA) is 105 Å². The molecule has 1 aromatic carbocycles. The number of urea groups is 1. The minimum atomic E-state index is -4.01. The number of carbonyl (C=O) groups excluding carboxylic acids is 2. The maximum absolute atomic E-state index is 12.1. The number of nitrogens with one attached hydrogen (secondary N) is 2. The van der Waals surface area contributed by atoms with E-state index in [2.05, 4.69) is 9.71 Å². The van der Waals surface area contributed by atoms with Crippen molar-refractivity contribution in [2.24, 2.45) is 4.99 Å². The maximum Gasteiger partial charge on any atom is 0.347 e. The first-order chi connectivity index (χ1) is 9.42. The van der Waals surface area contributed by atoms with Crippen molar-refractivity contribution in [3.05, 3.63) is 24.3 Å². The fourth-order valence-electron chi connectivity index (χ4n) is 1.55. The summed E-state index contributed by atoms with van der Waals surface area (Å²) in [5.41, 5.74) is 0.343. The summed E-state index contributed by atoms with van der Waals surface area (Å²) >= 11 is 1.46. The number of amides is 3. The molecule has 0 spiro atoms. The van der Waals surface area contributed by atoms with Crippen molar-refractivity contribution in [2.45, 2.75) is 10.1 Å². The quantitative estimate of drug-likeness (QED) is 0.801. The van der Waals surface area contributed by atoms with Gasteiger partial charge in [0, 0.05) is 16.8 Å². The molecule has 1 heterocycles. The van der Waals surface area contributed by atoms with Gasteiger partial charge >= 0.3 is 6.03 Å². The Morgan fingerprint density at radius 3 is 2.75 bits per heavy atom. The van der Waals surface area contributed by atoms with Gasteiger partial charge < -0.3 is 0 Å². The van der Waals surface area contributed by atoms with E-state index < -0.39 is 27.2 Å². The van der Waals surface area contributed by atoms with Crippen molar-refractivity contribution in [1.29, 1.82) is 0 Å². The third-order valence-corrected chi connectivity index (χ3v) is 4.73. The second-order valence-corrected chi connectivity index (χ2v) is 6.55. The van der Waals surface area contributed by atoms with Crippen LogP contribution >= 0.6 is 11.8 Å². The molecule has 0 aliphatic carbocycles. The number of nitrogens with zero attached hydrogens (tertiary/aromatic N) is 1. The van der Waals surface area contributed by atoms with Gasteiger partial charge in [0.25, 0.3) is 5.91 Å². The molecule has 2 N–H and O–H groups in total. The van der Waals surface area contributed by atoms with Gasteiger partial charge in [-0.15, -0.1) is 11.8 Å². The third-order valence-electron chi connectivity index (χ3n) is 2.48. The lowest BCUT2D eigenvalue weighted by atomic mass is 10.3. The van der Waals surface area contributed by atoms with Gasteiger partial charge in [-0.3, -0.25) is 14.8 Å². The SMILES string of the molecule is CSc1cccc(NS(=O)(=O)C2C=NC(=O)NC2=O)c1. The van der Waals surface area contributed by atoms with Crippen molar-refractivity contribution in [3.63, 3.8) is 0 Å². The molecule has 0 aromatic heterocycles. The summed E-state index contributed by atoms with van der Waals surface area (Å²) in [5, 5.41) is 0.315. The predicted molar refractivity (Wildman–Crippen MR) is 76.6 cm³/mol. The minimum Gasteiger partial charge on any atom is -0.283 e. The Kier molecular flexibility index (Phi) is 4.09. The van der Waals surface area contributed by atoms with Crippen LogP contribution in [0.25, 0.3) is 0 Å². The number of anilines is 1. The summed E-state index contributed by atoms with van der Waals surface area (Å²) in [6, 6.07) is 5.87. The average molecular weight is 313 g/mol. The van der Waals surface area contributed by atoms with E-state index in [-0.39, 0.29) is 0 Å². The van der Waals surface area contributed by atoms with Gasteiger partial charge in [0.15, 0.2) is 5.25 Å². The molecule has 20 heavy (non-hydrogen) atoms. The predicted octanol–water partition coefficient (Wildman–Crippen LogP) is 0.839. The molecule has 7 nitrogen and oxygen atoms in total. The molecule has 0 saturated carbocycles. The number of imide groups is 1. The highest BCUT2D eigenvalue weighted by Gasteiger charge is 2.35. The first-order valence-electron chi connectivity index (χ1n) is 5.47. The summed E-state index contributed by atoms with van der Waals surface area (Å²) in [6.45, 7) is 0. The zero-order valence-electron chi connectivity index (χ0n) is 10.4. The van der Waals surface area contributed by atoms with Gasteiger partial charge in [-0.2, -0.15) is 0 Å². The number of hydrogen-bond donors (Lipinski definition) is 2. The third kappa shape index (κ3) is 3.17. The van der Waals surface area contributed by atoms with Crippen LogP contribution in [0.15, 0.2) is 34.2 Å². The Balaban J connectivity index is 2.25. The van der Waals surface area contributed by atoms with Crippen LogP contribution in [0.3, 0.4) is 0 Å². The highest BCUT2D eigenvalue weighted by atomic mass is 32.2. The highest BCUT2D eigenvalue weighted by molar-refractivity contribution is 7.98. The molecule has 0 fully saturated rings. The number of aliphatic imine (C=N–C) groups is 1. The van der Waals surface area contributed by atoms with E-state index in [0.29, 0.717) is 5.69 Å². The Morgan fingerprint density at radius 1 is 1.35 bits per heavy atom. The number of hydrogen-bond acceptors (Lipinski definition) is 5. The van der Waals surface area contributed by atoms with Crippen molar-refractivity contribution in [1.82, 2.24) is 5.32 Å². The van der Waals surface area contributed by atoms with Crippen molar-refractivity contribution < 1.29 is 18.0 Å². The second-order valence-electron chi connectivity index (χ2n) is 3.87. The van der Waals surface area contributed by atoms with E-state index >= 15 is 0 Å². The van der Waals surface area contributed by atoms with Crippen LogP contribution in [0.5, 0.6) is 0 Å². The summed E-state index contributed by atoms with van der Waals surface area (Å²) in [5.74, 6) is -0.918. The number of thioether (sulfide) groups is 1. The lowest BCUT2D eigenvalue weighted by Crippen LogP contribution is -2.48. The van der Waals surface area contributed by atoms with Crippen LogP contribution in [-0.4, -0.2) is 38.1 Å². The molecule has 9 heteroatoms. The first-order valence-corrected chi connectivity index (χ1v) is 8.24. The van der Waals surface area contributed by atoms with E-state index in [1.807, 2.05) is 17.6 Å². The standard InChI is InChI=1S/C11H11N3O4S2/c1-19-8-4-2-3-7(5-8)14-20(17,18)9-6-12-11(16)13-10(9)15/h2-6,9,14H,1H3,(H,13,15,16). The molecule has 106 valence electrons. The number of sulfonamides is 1. The maximum atomic E-state index is 12.1. The van der Waals surface area contributed by atoms with Gasteiger partial charge in [0.05, 0.1) is 0 Å². The average Bonchev–Trinajstić information content (AvgIpc) is 2.37. The fraction of sp³-hybridized carbons (Fsp3) is 0.182.